The lowest BCUT2D eigenvalue weighted by Crippen LogP contribution is -2.38. The zero-order chi connectivity index (χ0) is 16.5. The molecule has 0 aromatic heterocycles. The summed E-state index contributed by atoms with van der Waals surface area (Å²) < 4.78 is 39.0. The van der Waals surface area contributed by atoms with E-state index in [1.54, 1.807) is 13.0 Å². The topological polar surface area (TPSA) is 41.5 Å². The molecule has 7 heteroatoms. The molecular formula is C15H17F3N2OS. The molecule has 0 saturated carbocycles. The molecule has 3 nitrogen and oxygen atoms in total. The second-order valence-electron chi connectivity index (χ2n) is 5.61. The SMILES string of the molecule is CC(C)[C@]1(C)SC(=N[C@@H](c2ccccc2)C(F)(F)F)NC1=O. The Morgan fingerprint density at radius 2 is 1.82 bits per heavy atom. The number of hydrogen-bond acceptors (Lipinski definition) is 3. The van der Waals surface area contributed by atoms with Crippen molar-refractivity contribution in [3.8, 4) is 0 Å². The van der Waals surface area contributed by atoms with E-state index in [1.807, 2.05) is 13.8 Å². The fraction of sp³-hybridized carbons (Fsp3) is 0.467. The number of amidine groups is 1. The molecule has 0 unspecified atom stereocenters. The Balaban J connectivity index is 2.35. The van der Waals surface area contributed by atoms with Gasteiger partial charge in [-0.05, 0) is 18.4 Å². The Kier molecular flexibility index (Phi) is 4.56. The lowest BCUT2D eigenvalue weighted by atomic mass is 9.96. The van der Waals surface area contributed by atoms with Crippen LogP contribution >= 0.6 is 11.8 Å². The number of benzene rings is 1. The van der Waals surface area contributed by atoms with Gasteiger partial charge >= 0.3 is 6.18 Å². The van der Waals surface area contributed by atoms with Crippen molar-refractivity contribution in [1.82, 2.24) is 5.32 Å². The minimum absolute atomic E-state index is 0.0207. The highest BCUT2D eigenvalue weighted by molar-refractivity contribution is 8.16. The summed E-state index contributed by atoms with van der Waals surface area (Å²) in [7, 11) is 0. The number of thioether (sulfide) groups is 1. The van der Waals surface area contributed by atoms with Crippen molar-refractivity contribution < 1.29 is 18.0 Å². The largest absolute Gasteiger partial charge is 0.415 e. The van der Waals surface area contributed by atoms with Crippen LogP contribution in [-0.2, 0) is 4.79 Å². The Morgan fingerprint density at radius 1 is 1.23 bits per heavy atom. The van der Waals surface area contributed by atoms with Gasteiger partial charge in [0.05, 0.1) is 0 Å². The van der Waals surface area contributed by atoms with Gasteiger partial charge in [-0.15, -0.1) is 0 Å². The molecule has 1 heterocycles. The number of halogens is 3. The van der Waals surface area contributed by atoms with Crippen LogP contribution in [0, 0.1) is 5.92 Å². The number of carbonyl (C=O) groups is 1. The molecule has 1 N–H and O–H groups in total. The summed E-state index contributed by atoms with van der Waals surface area (Å²) >= 11 is 1.06. The van der Waals surface area contributed by atoms with Crippen LogP contribution < -0.4 is 5.32 Å². The predicted molar refractivity (Wildman–Crippen MR) is 81.6 cm³/mol. The van der Waals surface area contributed by atoms with Crippen molar-refractivity contribution in [3.63, 3.8) is 0 Å². The highest BCUT2D eigenvalue weighted by Gasteiger charge is 2.47. The number of nitrogens with one attached hydrogen (secondary N) is 1. The molecule has 2 atom stereocenters. The van der Waals surface area contributed by atoms with Crippen molar-refractivity contribution in [2.45, 2.75) is 37.7 Å². The minimum Gasteiger partial charge on any atom is -0.304 e. The van der Waals surface area contributed by atoms with Crippen molar-refractivity contribution in [2.75, 3.05) is 0 Å². The van der Waals surface area contributed by atoms with E-state index in [1.165, 1.54) is 24.3 Å². The minimum atomic E-state index is -4.52. The van der Waals surface area contributed by atoms with Gasteiger partial charge in [0, 0.05) is 0 Å². The summed E-state index contributed by atoms with van der Waals surface area (Å²) in [4.78, 5) is 15.8. The number of alkyl halides is 3. The zero-order valence-corrected chi connectivity index (χ0v) is 13.3. The van der Waals surface area contributed by atoms with Crippen LogP contribution in [0.1, 0.15) is 32.4 Å². The van der Waals surface area contributed by atoms with Crippen LogP contribution in [0.25, 0.3) is 0 Å². The fourth-order valence-electron chi connectivity index (χ4n) is 2.02. The molecule has 0 spiro atoms. The molecular weight excluding hydrogens is 313 g/mol. The quantitative estimate of drug-likeness (QED) is 0.912. The Hall–Kier alpha value is -1.50. The molecule has 1 amide bonds. The summed E-state index contributed by atoms with van der Waals surface area (Å²) in [5.41, 5.74) is 0.0514. The third kappa shape index (κ3) is 3.29. The Morgan fingerprint density at radius 3 is 2.27 bits per heavy atom. The number of aliphatic imine (C=N–C) groups is 1. The molecule has 0 bridgehead atoms. The number of hydrogen-bond donors (Lipinski definition) is 1. The van der Waals surface area contributed by atoms with Crippen LogP contribution in [0.2, 0.25) is 0 Å². The fourth-order valence-corrected chi connectivity index (χ4v) is 3.10. The van der Waals surface area contributed by atoms with Crippen molar-refractivity contribution >= 4 is 22.8 Å². The summed E-state index contributed by atoms with van der Waals surface area (Å²) in [6.45, 7) is 5.42. The van der Waals surface area contributed by atoms with Crippen LogP contribution in [0.4, 0.5) is 13.2 Å². The van der Waals surface area contributed by atoms with Gasteiger partial charge in [0.25, 0.3) is 0 Å². The molecule has 0 radical (unpaired) electrons. The first kappa shape index (κ1) is 16.9. The van der Waals surface area contributed by atoms with Gasteiger partial charge < -0.3 is 5.32 Å². The zero-order valence-electron chi connectivity index (χ0n) is 12.4. The van der Waals surface area contributed by atoms with Gasteiger partial charge in [0.15, 0.2) is 11.2 Å². The van der Waals surface area contributed by atoms with Gasteiger partial charge in [-0.2, -0.15) is 13.2 Å². The third-order valence-corrected chi connectivity index (χ3v) is 5.24. The molecule has 2 rings (SSSR count). The molecule has 1 aromatic carbocycles. The second kappa shape index (κ2) is 5.95. The smallest absolute Gasteiger partial charge is 0.304 e. The van der Waals surface area contributed by atoms with E-state index in [-0.39, 0.29) is 22.6 Å². The highest BCUT2D eigenvalue weighted by atomic mass is 32.2. The summed E-state index contributed by atoms with van der Waals surface area (Å²) in [5, 5.41) is 2.49. The van der Waals surface area contributed by atoms with E-state index in [9.17, 15) is 18.0 Å². The normalized spacial score (nSPS) is 25.6. The molecule has 1 fully saturated rings. The van der Waals surface area contributed by atoms with Gasteiger partial charge in [0.2, 0.25) is 5.91 Å². The van der Waals surface area contributed by atoms with Crippen LogP contribution in [0.5, 0.6) is 0 Å². The van der Waals surface area contributed by atoms with Gasteiger partial charge in [-0.3, -0.25) is 4.79 Å². The first-order valence-corrected chi connectivity index (χ1v) is 7.66. The van der Waals surface area contributed by atoms with Crippen LogP contribution in [0.3, 0.4) is 0 Å². The van der Waals surface area contributed by atoms with Crippen LogP contribution in [0.15, 0.2) is 35.3 Å². The maximum atomic E-state index is 13.3. The number of rotatable bonds is 3. The van der Waals surface area contributed by atoms with Crippen molar-refractivity contribution in [2.24, 2.45) is 10.9 Å². The average Bonchev–Trinajstić information content (AvgIpc) is 2.72. The molecule has 1 aliphatic heterocycles. The lowest BCUT2D eigenvalue weighted by molar-refractivity contribution is -0.148. The summed E-state index contributed by atoms with van der Waals surface area (Å²) in [5.74, 6) is -0.327. The molecule has 120 valence electrons. The number of carbonyl (C=O) groups excluding carboxylic acids is 1. The first-order chi connectivity index (χ1) is 10.1. The van der Waals surface area contributed by atoms with E-state index < -0.39 is 17.0 Å². The molecule has 1 aromatic rings. The van der Waals surface area contributed by atoms with E-state index in [4.69, 9.17) is 0 Å². The maximum Gasteiger partial charge on any atom is 0.415 e. The molecule has 22 heavy (non-hydrogen) atoms. The summed E-state index contributed by atoms with van der Waals surface area (Å²) in [6.07, 6.45) is -4.52. The van der Waals surface area contributed by atoms with Gasteiger partial charge in [-0.1, -0.05) is 55.9 Å². The Bertz CT molecular complexity index is 586. The third-order valence-electron chi connectivity index (χ3n) is 3.75. The van der Waals surface area contributed by atoms with Gasteiger partial charge in [0.1, 0.15) is 4.75 Å². The van der Waals surface area contributed by atoms with E-state index in [2.05, 4.69) is 10.3 Å². The van der Waals surface area contributed by atoms with Crippen LogP contribution in [-0.4, -0.2) is 22.0 Å². The lowest BCUT2D eigenvalue weighted by Gasteiger charge is -2.23. The highest BCUT2D eigenvalue weighted by Crippen LogP contribution is 2.41. The predicted octanol–water partition coefficient (Wildman–Crippen LogP) is 3.92. The number of amides is 1. The van der Waals surface area contributed by atoms with Gasteiger partial charge in [-0.25, -0.2) is 4.99 Å². The molecule has 1 aliphatic rings. The first-order valence-electron chi connectivity index (χ1n) is 6.84. The van der Waals surface area contributed by atoms with Crippen molar-refractivity contribution in [3.05, 3.63) is 35.9 Å². The molecule has 0 aliphatic carbocycles. The van der Waals surface area contributed by atoms with E-state index >= 15 is 0 Å². The number of nitrogens with zero attached hydrogens (tertiary/aromatic N) is 1. The maximum absolute atomic E-state index is 13.3. The average molecular weight is 330 g/mol. The Labute approximate surface area is 131 Å². The second-order valence-corrected chi connectivity index (χ2v) is 7.05. The summed E-state index contributed by atoms with van der Waals surface area (Å²) in [6, 6.07) is 5.49. The monoisotopic (exact) mass is 330 g/mol. The van der Waals surface area contributed by atoms with E-state index in [0.29, 0.717) is 0 Å². The molecule has 1 saturated heterocycles. The standard InChI is InChI=1S/C15H17F3N2OS/c1-9(2)14(3)12(21)20-13(22-14)19-11(15(16,17)18)10-7-5-4-6-8-10/h4-9,11H,1-3H3,(H,19,20,21)/t11-,14-/m0/s1. The van der Waals surface area contributed by atoms with E-state index in [0.717, 1.165) is 11.8 Å². The van der Waals surface area contributed by atoms with Crippen molar-refractivity contribution in [1.29, 1.82) is 0 Å².